The third kappa shape index (κ3) is 3.66. The van der Waals surface area contributed by atoms with Crippen molar-refractivity contribution in [2.75, 3.05) is 30.9 Å². The smallest absolute Gasteiger partial charge is 0.0384 e. The molecule has 2 rings (SSSR count). The lowest BCUT2D eigenvalue weighted by molar-refractivity contribution is 0.341. The average molecular weight is 246 g/mol. The predicted molar refractivity (Wildman–Crippen MR) is 80.5 cm³/mol. The molecule has 0 aromatic heterocycles. The second-order valence-corrected chi connectivity index (χ2v) is 5.51. The molecule has 0 aliphatic heterocycles. The number of nitrogens with one attached hydrogen (secondary N) is 1. The first-order valence-corrected chi connectivity index (χ1v) is 7.28. The van der Waals surface area contributed by atoms with Crippen LogP contribution in [-0.2, 0) is 0 Å². The van der Waals surface area contributed by atoms with Crippen LogP contribution in [0.3, 0.4) is 0 Å². The van der Waals surface area contributed by atoms with Crippen LogP contribution in [0.4, 0.5) is 11.4 Å². The maximum Gasteiger partial charge on any atom is 0.0384 e. The van der Waals surface area contributed by atoms with E-state index in [9.17, 15) is 0 Å². The van der Waals surface area contributed by atoms with E-state index in [1.54, 1.807) is 0 Å². The Hall–Kier alpha value is -1.18. The fourth-order valence-electron chi connectivity index (χ4n) is 2.88. The van der Waals surface area contributed by atoms with Gasteiger partial charge in [-0.05, 0) is 30.5 Å². The molecule has 1 N–H and O–H groups in total. The second-order valence-electron chi connectivity index (χ2n) is 5.51. The SMILES string of the molecule is CNc1cccc(N(C)CCC2CCCCC2)c1. The fraction of sp³-hybridized carbons (Fsp3) is 0.625. The molecule has 1 fully saturated rings. The first-order valence-electron chi connectivity index (χ1n) is 7.28. The standard InChI is InChI=1S/C16H26N2/c1-17-15-9-6-10-16(13-15)18(2)12-11-14-7-4-3-5-8-14/h6,9-10,13-14,17H,3-5,7-8,11-12H2,1-2H3. The molecule has 1 aliphatic carbocycles. The molecule has 0 heterocycles. The van der Waals surface area contributed by atoms with E-state index in [0.29, 0.717) is 0 Å². The number of hydrogen-bond acceptors (Lipinski definition) is 2. The molecule has 100 valence electrons. The Bertz CT molecular complexity index is 356. The summed E-state index contributed by atoms with van der Waals surface area (Å²) in [5.74, 6) is 0.966. The van der Waals surface area contributed by atoms with Crippen molar-refractivity contribution < 1.29 is 0 Å². The highest BCUT2D eigenvalue weighted by molar-refractivity contribution is 5.57. The van der Waals surface area contributed by atoms with E-state index in [2.05, 4.69) is 41.5 Å². The summed E-state index contributed by atoms with van der Waals surface area (Å²) in [6, 6.07) is 8.65. The fourth-order valence-corrected chi connectivity index (χ4v) is 2.88. The molecular weight excluding hydrogens is 220 g/mol. The van der Waals surface area contributed by atoms with Gasteiger partial charge in [-0.25, -0.2) is 0 Å². The van der Waals surface area contributed by atoms with Crippen molar-refractivity contribution in [3.8, 4) is 0 Å². The van der Waals surface area contributed by atoms with E-state index < -0.39 is 0 Å². The molecular formula is C16H26N2. The van der Waals surface area contributed by atoms with Crippen molar-refractivity contribution in [2.24, 2.45) is 5.92 Å². The number of anilines is 2. The summed E-state index contributed by atoms with van der Waals surface area (Å²) in [6.07, 6.45) is 8.60. The summed E-state index contributed by atoms with van der Waals surface area (Å²) < 4.78 is 0. The Kier molecular flexibility index (Phi) is 4.91. The lowest BCUT2D eigenvalue weighted by Gasteiger charge is -2.26. The molecule has 0 saturated heterocycles. The molecule has 0 amide bonds. The quantitative estimate of drug-likeness (QED) is 0.840. The molecule has 0 atom stereocenters. The monoisotopic (exact) mass is 246 g/mol. The van der Waals surface area contributed by atoms with E-state index in [1.165, 1.54) is 56.4 Å². The van der Waals surface area contributed by atoms with E-state index in [0.717, 1.165) is 5.92 Å². The van der Waals surface area contributed by atoms with Gasteiger partial charge in [0.25, 0.3) is 0 Å². The van der Waals surface area contributed by atoms with Gasteiger partial charge in [0.2, 0.25) is 0 Å². The second kappa shape index (κ2) is 6.67. The van der Waals surface area contributed by atoms with Gasteiger partial charge < -0.3 is 10.2 Å². The van der Waals surface area contributed by atoms with Crippen molar-refractivity contribution in [2.45, 2.75) is 38.5 Å². The summed E-state index contributed by atoms with van der Waals surface area (Å²) in [4.78, 5) is 2.38. The lowest BCUT2D eigenvalue weighted by atomic mass is 9.87. The molecule has 1 aliphatic rings. The first kappa shape index (κ1) is 13.3. The molecule has 0 bridgehead atoms. The van der Waals surface area contributed by atoms with Crippen molar-refractivity contribution >= 4 is 11.4 Å². The molecule has 18 heavy (non-hydrogen) atoms. The van der Waals surface area contributed by atoms with Crippen LogP contribution in [0.2, 0.25) is 0 Å². The Morgan fingerprint density at radius 2 is 2.00 bits per heavy atom. The molecule has 2 heteroatoms. The maximum atomic E-state index is 3.20. The van der Waals surface area contributed by atoms with Gasteiger partial charge >= 0.3 is 0 Å². The van der Waals surface area contributed by atoms with Gasteiger partial charge in [-0.3, -0.25) is 0 Å². The number of hydrogen-bond donors (Lipinski definition) is 1. The van der Waals surface area contributed by atoms with Crippen LogP contribution in [0.25, 0.3) is 0 Å². The van der Waals surface area contributed by atoms with Gasteiger partial charge in [-0.15, -0.1) is 0 Å². The largest absolute Gasteiger partial charge is 0.388 e. The summed E-state index contributed by atoms with van der Waals surface area (Å²) in [5.41, 5.74) is 2.51. The molecule has 0 spiro atoms. The van der Waals surface area contributed by atoms with Gasteiger partial charge in [0, 0.05) is 32.0 Å². The van der Waals surface area contributed by atoms with E-state index in [-0.39, 0.29) is 0 Å². The van der Waals surface area contributed by atoms with Crippen LogP contribution in [0, 0.1) is 5.92 Å². The summed E-state index contributed by atoms with van der Waals surface area (Å²) in [7, 11) is 4.18. The topological polar surface area (TPSA) is 15.3 Å². The number of nitrogens with zero attached hydrogens (tertiary/aromatic N) is 1. The van der Waals surface area contributed by atoms with Crippen LogP contribution in [-0.4, -0.2) is 20.6 Å². The zero-order valence-electron chi connectivity index (χ0n) is 11.8. The number of rotatable bonds is 5. The zero-order chi connectivity index (χ0) is 12.8. The van der Waals surface area contributed by atoms with Gasteiger partial charge in [0.05, 0.1) is 0 Å². The van der Waals surface area contributed by atoms with Crippen LogP contribution in [0.15, 0.2) is 24.3 Å². The highest BCUT2D eigenvalue weighted by atomic mass is 15.1. The highest BCUT2D eigenvalue weighted by Gasteiger charge is 2.14. The first-order chi connectivity index (χ1) is 8.79. The third-order valence-corrected chi connectivity index (χ3v) is 4.17. The third-order valence-electron chi connectivity index (χ3n) is 4.17. The minimum Gasteiger partial charge on any atom is -0.388 e. The Labute approximate surface area is 111 Å². The Balaban J connectivity index is 1.84. The van der Waals surface area contributed by atoms with Gasteiger partial charge in [0.15, 0.2) is 0 Å². The molecule has 0 radical (unpaired) electrons. The zero-order valence-corrected chi connectivity index (χ0v) is 11.8. The lowest BCUT2D eigenvalue weighted by Crippen LogP contribution is -2.22. The van der Waals surface area contributed by atoms with Crippen LogP contribution >= 0.6 is 0 Å². The van der Waals surface area contributed by atoms with E-state index in [1.807, 2.05) is 7.05 Å². The Morgan fingerprint density at radius 3 is 2.72 bits per heavy atom. The van der Waals surface area contributed by atoms with Gasteiger partial charge in [0.1, 0.15) is 0 Å². The Morgan fingerprint density at radius 1 is 1.22 bits per heavy atom. The predicted octanol–water partition coefficient (Wildman–Crippen LogP) is 4.13. The minimum atomic E-state index is 0.966. The summed E-state index contributed by atoms with van der Waals surface area (Å²) >= 11 is 0. The molecule has 1 saturated carbocycles. The number of benzene rings is 1. The van der Waals surface area contributed by atoms with Crippen LogP contribution in [0.1, 0.15) is 38.5 Å². The van der Waals surface area contributed by atoms with E-state index in [4.69, 9.17) is 0 Å². The maximum absolute atomic E-state index is 3.20. The van der Waals surface area contributed by atoms with Crippen molar-refractivity contribution in [3.05, 3.63) is 24.3 Å². The van der Waals surface area contributed by atoms with Crippen LogP contribution in [0.5, 0.6) is 0 Å². The molecule has 1 aromatic rings. The molecule has 2 nitrogen and oxygen atoms in total. The van der Waals surface area contributed by atoms with E-state index >= 15 is 0 Å². The average Bonchev–Trinajstić information content (AvgIpc) is 2.46. The summed E-state index contributed by atoms with van der Waals surface area (Å²) in [5, 5.41) is 3.20. The molecule has 0 unspecified atom stereocenters. The molecule has 1 aromatic carbocycles. The van der Waals surface area contributed by atoms with Gasteiger partial charge in [-0.1, -0.05) is 38.2 Å². The minimum absolute atomic E-state index is 0.966. The highest BCUT2D eigenvalue weighted by Crippen LogP contribution is 2.27. The van der Waals surface area contributed by atoms with Gasteiger partial charge in [-0.2, -0.15) is 0 Å². The summed E-state index contributed by atoms with van der Waals surface area (Å²) in [6.45, 7) is 1.18. The van der Waals surface area contributed by atoms with Crippen molar-refractivity contribution in [3.63, 3.8) is 0 Å². The van der Waals surface area contributed by atoms with Crippen molar-refractivity contribution in [1.29, 1.82) is 0 Å². The van der Waals surface area contributed by atoms with Crippen molar-refractivity contribution in [1.82, 2.24) is 0 Å². The normalized spacial score (nSPS) is 16.6. The van der Waals surface area contributed by atoms with Crippen LogP contribution < -0.4 is 10.2 Å².